The fraction of sp³-hybridized carbons (Fsp3) is 0.250. The summed E-state index contributed by atoms with van der Waals surface area (Å²) in [4.78, 5) is 15.6. The maximum Gasteiger partial charge on any atom is 0.325 e. The number of carbonyl (C=O) groups is 1. The predicted octanol–water partition coefficient (Wildman–Crippen LogP) is 2.10. The zero-order valence-electron chi connectivity index (χ0n) is 11.1. The third-order valence-electron chi connectivity index (χ3n) is 2.32. The summed E-state index contributed by atoms with van der Waals surface area (Å²) in [7, 11) is 1.71. The number of nitrogens with zero attached hydrogens (tertiary/aromatic N) is 3. The number of urea groups is 1. The molecule has 2 amide bonds. The number of hydrogen-bond donors (Lipinski definition) is 2. The number of nitrogens with one attached hydrogen (secondary N) is 2. The lowest BCUT2D eigenvalue weighted by Crippen LogP contribution is -2.21. The molecule has 0 spiro atoms. The van der Waals surface area contributed by atoms with Crippen LogP contribution in [0.15, 0.2) is 30.6 Å². The van der Waals surface area contributed by atoms with Crippen molar-refractivity contribution < 1.29 is 18.3 Å². The zero-order chi connectivity index (χ0) is 15.2. The topological polar surface area (TPSA) is 81.1 Å². The van der Waals surface area contributed by atoms with Gasteiger partial charge < -0.3 is 10.1 Å². The Bertz CT molecular complexity index is 617. The molecular formula is C12H13F2N5O2. The van der Waals surface area contributed by atoms with E-state index < -0.39 is 19.1 Å². The van der Waals surface area contributed by atoms with Crippen LogP contribution in [0.2, 0.25) is 0 Å². The van der Waals surface area contributed by atoms with E-state index in [2.05, 4.69) is 20.7 Å². The molecule has 0 radical (unpaired) electrons. The molecular weight excluding hydrogens is 284 g/mol. The van der Waals surface area contributed by atoms with Gasteiger partial charge in [-0.1, -0.05) is 0 Å². The zero-order valence-corrected chi connectivity index (χ0v) is 11.1. The molecule has 0 bridgehead atoms. The Kier molecular flexibility index (Phi) is 4.64. The van der Waals surface area contributed by atoms with E-state index in [1.807, 2.05) is 0 Å². The number of pyridine rings is 1. The second-order valence-corrected chi connectivity index (χ2v) is 4.01. The maximum absolute atomic E-state index is 12.1. The highest BCUT2D eigenvalue weighted by Crippen LogP contribution is 2.21. The number of aromatic nitrogens is 3. The molecule has 7 nitrogen and oxygen atoms in total. The van der Waals surface area contributed by atoms with Crippen molar-refractivity contribution in [3.63, 3.8) is 0 Å². The number of amides is 2. The summed E-state index contributed by atoms with van der Waals surface area (Å²) >= 11 is 0. The lowest BCUT2D eigenvalue weighted by molar-refractivity contribution is 0.0800. The molecule has 0 aliphatic rings. The van der Waals surface area contributed by atoms with Crippen molar-refractivity contribution in [2.75, 3.05) is 17.2 Å². The van der Waals surface area contributed by atoms with Crippen molar-refractivity contribution in [2.24, 2.45) is 7.05 Å². The third kappa shape index (κ3) is 4.41. The molecule has 0 aliphatic carbocycles. The Morgan fingerprint density at radius 2 is 2.24 bits per heavy atom. The fourth-order valence-electron chi connectivity index (χ4n) is 1.49. The molecule has 112 valence electrons. The Morgan fingerprint density at radius 3 is 2.90 bits per heavy atom. The van der Waals surface area contributed by atoms with E-state index in [1.54, 1.807) is 25.4 Å². The molecule has 0 fully saturated rings. The third-order valence-corrected chi connectivity index (χ3v) is 2.32. The number of aryl methyl sites for hydroxylation is 1. The van der Waals surface area contributed by atoms with Gasteiger partial charge in [-0.25, -0.2) is 18.6 Å². The van der Waals surface area contributed by atoms with Gasteiger partial charge in [-0.2, -0.15) is 5.10 Å². The van der Waals surface area contributed by atoms with Gasteiger partial charge in [0.1, 0.15) is 5.69 Å². The average Bonchev–Trinajstić information content (AvgIpc) is 2.83. The van der Waals surface area contributed by atoms with Crippen molar-refractivity contribution in [1.82, 2.24) is 14.8 Å². The molecule has 2 N–H and O–H groups in total. The highest BCUT2D eigenvalue weighted by molar-refractivity contribution is 5.99. The van der Waals surface area contributed by atoms with Gasteiger partial charge in [0, 0.05) is 25.5 Å². The number of alkyl halides is 2. The molecule has 0 atom stereocenters. The summed E-state index contributed by atoms with van der Waals surface area (Å²) in [5.41, 5.74) is 0.187. The summed E-state index contributed by atoms with van der Waals surface area (Å²) in [5, 5.41) is 8.92. The Morgan fingerprint density at radius 1 is 1.43 bits per heavy atom. The minimum atomic E-state index is -2.62. The van der Waals surface area contributed by atoms with E-state index in [4.69, 9.17) is 4.74 Å². The summed E-state index contributed by atoms with van der Waals surface area (Å²) in [6.45, 7) is -0.798. The standard InChI is InChI=1S/C12H13F2N5O2/c1-19-6-4-10(18-19)17-12(20)16-8-3-2-5-15-11(8)21-7-9(13)14/h2-6,9H,7H2,1H3,(H2,16,17,18,20). The molecule has 2 heterocycles. The van der Waals surface area contributed by atoms with E-state index >= 15 is 0 Å². The van der Waals surface area contributed by atoms with Crippen LogP contribution >= 0.6 is 0 Å². The number of ether oxygens (including phenoxy) is 1. The van der Waals surface area contributed by atoms with Crippen LogP contribution in [-0.2, 0) is 7.05 Å². The normalized spacial score (nSPS) is 10.5. The molecule has 0 aromatic carbocycles. The van der Waals surface area contributed by atoms with E-state index in [-0.39, 0.29) is 11.6 Å². The van der Waals surface area contributed by atoms with Crippen molar-refractivity contribution in [1.29, 1.82) is 0 Å². The van der Waals surface area contributed by atoms with Crippen LogP contribution in [0.1, 0.15) is 0 Å². The molecule has 2 aromatic heterocycles. The summed E-state index contributed by atoms with van der Waals surface area (Å²) < 4.78 is 30.6. The van der Waals surface area contributed by atoms with Gasteiger partial charge in [0.25, 0.3) is 6.43 Å². The molecule has 0 saturated carbocycles. The van der Waals surface area contributed by atoms with Crippen LogP contribution in [0, 0.1) is 0 Å². The summed E-state index contributed by atoms with van der Waals surface area (Å²) in [5.74, 6) is 0.280. The van der Waals surface area contributed by atoms with Gasteiger partial charge in [-0.3, -0.25) is 10.00 Å². The van der Waals surface area contributed by atoms with Crippen LogP contribution in [-0.4, -0.2) is 33.8 Å². The van der Waals surface area contributed by atoms with Crippen molar-refractivity contribution in [3.05, 3.63) is 30.6 Å². The number of anilines is 2. The molecule has 0 unspecified atom stereocenters. The minimum absolute atomic E-state index is 0.0750. The van der Waals surface area contributed by atoms with Crippen molar-refractivity contribution in [3.8, 4) is 5.88 Å². The van der Waals surface area contributed by atoms with Crippen LogP contribution < -0.4 is 15.4 Å². The van der Waals surface area contributed by atoms with Crippen LogP contribution in [0.3, 0.4) is 0 Å². The molecule has 2 aromatic rings. The highest BCUT2D eigenvalue weighted by atomic mass is 19.3. The van der Waals surface area contributed by atoms with Crippen LogP contribution in [0.5, 0.6) is 5.88 Å². The van der Waals surface area contributed by atoms with Gasteiger partial charge >= 0.3 is 6.03 Å². The Hall–Kier alpha value is -2.71. The van der Waals surface area contributed by atoms with Crippen LogP contribution in [0.4, 0.5) is 25.1 Å². The van der Waals surface area contributed by atoms with Crippen molar-refractivity contribution >= 4 is 17.5 Å². The first-order chi connectivity index (χ1) is 10.0. The highest BCUT2D eigenvalue weighted by Gasteiger charge is 2.12. The van der Waals surface area contributed by atoms with Gasteiger partial charge in [0.05, 0.1) is 0 Å². The minimum Gasteiger partial charge on any atom is -0.470 e. The van der Waals surface area contributed by atoms with Gasteiger partial charge in [-0.05, 0) is 12.1 Å². The molecule has 0 aliphatic heterocycles. The Labute approximate surface area is 118 Å². The number of carbonyl (C=O) groups excluding carboxylic acids is 1. The monoisotopic (exact) mass is 297 g/mol. The Balaban J connectivity index is 1.99. The molecule has 21 heavy (non-hydrogen) atoms. The first kappa shape index (κ1) is 14.7. The van der Waals surface area contributed by atoms with Crippen LogP contribution in [0.25, 0.3) is 0 Å². The number of hydrogen-bond acceptors (Lipinski definition) is 4. The number of halogens is 2. The van der Waals surface area contributed by atoms with E-state index in [9.17, 15) is 13.6 Å². The summed E-state index contributed by atoms with van der Waals surface area (Å²) in [6.07, 6.45) is 0.418. The maximum atomic E-state index is 12.1. The lowest BCUT2D eigenvalue weighted by Gasteiger charge is -2.10. The van der Waals surface area contributed by atoms with Crippen molar-refractivity contribution in [2.45, 2.75) is 6.43 Å². The second-order valence-electron chi connectivity index (χ2n) is 4.01. The van der Waals surface area contributed by atoms with Gasteiger partial charge in [0.2, 0.25) is 5.88 Å². The van der Waals surface area contributed by atoms with Gasteiger partial charge in [0.15, 0.2) is 12.4 Å². The average molecular weight is 297 g/mol. The SMILES string of the molecule is Cn1ccc(NC(=O)Nc2cccnc2OCC(F)F)n1. The summed E-state index contributed by atoms with van der Waals surface area (Å²) in [6, 6.07) is 4.07. The predicted molar refractivity (Wildman–Crippen MR) is 71.6 cm³/mol. The quantitative estimate of drug-likeness (QED) is 0.885. The fourth-order valence-corrected chi connectivity index (χ4v) is 1.49. The van der Waals surface area contributed by atoms with Gasteiger partial charge in [-0.15, -0.1) is 0 Å². The molecule has 0 saturated heterocycles. The molecule has 2 rings (SSSR count). The van der Waals surface area contributed by atoms with E-state index in [1.165, 1.54) is 16.9 Å². The smallest absolute Gasteiger partial charge is 0.325 e. The largest absolute Gasteiger partial charge is 0.470 e. The second kappa shape index (κ2) is 6.64. The van der Waals surface area contributed by atoms with E-state index in [0.717, 1.165) is 0 Å². The first-order valence-electron chi connectivity index (χ1n) is 5.98. The lowest BCUT2D eigenvalue weighted by atomic mass is 10.4. The number of rotatable bonds is 5. The van der Waals surface area contributed by atoms with E-state index in [0.29, 0.717) is 5.82 Å². The molecule has 9 heteroatoms. The first-order valence-corrected chi connectivity index (χ1v) is 5.98.